The third-order valence-electron chi connectivity index (χ3n) is 2.25. The molecule has 1 aromatic heterocycles. The van der Waals surface area contributed by atoms with E-state index < -0.39 is 0 Å². The molecule has 0 aliphatic rings. The first-order chi connectivity index (χ1) is 6.70. The summed E-state index contributed by atoms with van der Waals surface area (Å²) in [5.74, 6) is 0.992. The topological polar surface area (TPSA) is 17.8 Å². The minimum atomic E-state index is 0.990. The van der Waals surface area contributed by atoms with E-state index in [0.717, 1.165) is 10.4 Å². The molecule has 0 fully saturated rings. The van der Waals surface area contributed by atoms with Crippen LogP contribution in [-0.4, -0.2) is 9.55 Å². The molecule has 1 heterocycles. The van der Waals surface area contributed by atoms with Crippen molar-refractivity contribution in [3.05, 3.63) is 46.5 Å². The van der Waals surface area contributed by atoms with Crippen LogP contribution in [0.4, 0.5) is 0 Å². The number of halogens is 1. The maximum Gasteiger partial charge on any atom is 0.110 e. The predicted molar refractivity (Wildman–Crippen MR) is 60.7 cm³/mol. The molecule has 0 saturated heterocycles. The van der Waals surface area contributed by atoms with E-state index in [1.165, 1.54) is 11.3 Å². The Kier molecular flexibility index (Phi) is 2.42. The van der Waals surface area contributed by atoms with Crippen LogP contribution < -0.4 is 0 Å². The Bertz CT molecular complexity index is 441. The molecule has 1 aromatic carbocycles. The fourth-order valence-corrected chi connectivity index (χ4v) is 2.07. The Morgan fingerprint density at radius 3 is 2.50 bits per heavy atom. The van der Waals surface area contributed by atoms with Gasteiger partial charge < -0.3 is 0 Å². The molecular formula is C11H11BrN2. The second kappa shape index (κ2) is 3.58. The van der Waals surface area contributed by atoms with E-state index in [2.05, 4.69) is 44.5 Å². The highest BCUT2D eigenvalue weighted by molar-refractivity contribution is 9.10. The lowest BCUT2D eigenvalue weighted by Crippen LogP contribution is -1.99. The Hall–Kier alpha value is -1.09. The fraction of sp³-hybridized carbons (Fsp3) is 0.182. The number of aryl methyl sites for hydroxylation is 2. The molecule has 2 aromatic rings. The van der Waals surface area contributed by atoms with E-state index in [0.29, 0.717) is 0 Å². The second-order valence-corrected chi connectivity index (χ2v) is 4.06. The summed E-state index contributed by atoms with van der Waals surface area (Å²) in [4.78, 5) is 4.25. The van der Waals surface area contributed by atoms with Crippen molar-refractivity contribution < 1.29 is 0 Å². The van der Waals surface area contributed by atoms with Gasteiger partial charge in [-0.15, -0.1) is 0 Å². The smallest absolute Gasteiger partial charge is 0.110 e. The lowest BCUT2D eigenvalue weighted by molar-refractivity contribution is 0.947. The van der Waals surface area contributed by atoms with Gasteiger partial charge in [-0.3, -0.25) is 4.57 Å². The molecule has 2 nitrogen and oxygen atoms in total. The van der Waals surface area contributed by atoms with Crippen LogP contribution in [0.15, 0.2) is 35.1 Å². The maximum absolute atomic E-state index is 4.25. The van der Waals surface area contributed by atoms with E-state index in [9.17, 15) is 0 Å². The van der Waals surface area contributed by atoms with Crippen LogP contribution in [0.3, 0.4) is 0 Å². The molecule has 0 bridgehead atoms. The van der Waals surface area contributed by atoms with Crippen molar-refractivity contribution in [3.8, 4) is 5.69 Å². The van der Waals surface area contributed by atoms with Crippen LogP contribution in [0.1, 0.15) is 11.4 Å². The Labute approximate surface area is 91.7 Å². The van der Waals surface area contributed by atoms with Gasteiger partial charge in [0.2, 0.25) is 0 Å². The summed E-state index contributed by atoms with van der Waals surface area (Å²) in [6, 6.07) is 8.27. The SMILES string of the molecule is Cc1ccccc1-n1c(Br)cnc1C. The number of para-hydroxylation sites is 1. The summed E-state index contributed by atoms with van der Waals surface area (Å²) in [6.45, 7) is 4.10. The Morgan fingerprint density at radius 1 is 1.21 bits per heavy atom. The zero-order valence-corrected chi connectivity index (χ0v) is 9.75. The van der Waals surface area contributed by atoms with Crippen LogP contribution in [0, 0.1) is 13.8 Å². The van der Waals surface area contributed by atoms with Gasteiger partial charge in [-0.25, -0.2) is 4.98 Å². The van der Waals surface area contributed by atoms with Gasteiger partial charge in [0.25, 0.3) is 0 Å². The first-order valence-electron chi connectivity index (χ1n) is 4.46. The van der Waals surface area contributed by atoms with Crippen molar-refractivity contribution in [3.63, 3.8) is 0 Å². The molecule has 0 radical (unpaired) electrons. The van der Waals surface area contributed by atoms with Crippen LogP contribution in [-0.2, 0) is 0 Å². The minimum Gasteiger partial charge on any atom is -0.291 e. The lowest BCUT2D eigenvalue weighted by Gasteiger charge is -2.09. The van der Waals surface area contributed by atoms with E-state index >= 15 is 0 Å². The molecule has 72 valence electrons. The highest BCUT2D eigenvalue weighted by atomic mass is 79.9. The molecule has 3 heteroatoms. The van der Waals surface area contributed by atoms with Crippen LogP contribution in [0.2, 0.25) is 0 Å². The summed E-state index contributed by atoms with van der Waals surface area (Å²) in [6.07, 6.45) is 1.82. The van der Waals surface area contributed by atoms with E-state index in [4.69, 9.17) is 0 Å². The molecule has 0 atom stereocenters. The fourth-order valence-electron chi connectivity index (χ4n) is 1.52. The molecule has 0 saturated carbocycles. The third-order valence-corrected chi connectivity index (χ3v) is 2.81. The lowest BCUT2D eigenvalue weighted by atomic mass is 10.2. The first kappa shape index (κ1) is 9.46. The molecule has 2 rings (SSSR count). The van der Waals surface area contributed by atoms with E-state index in [1.54, 1.807) is 0 Å². The van der Waals surface area contributed by atoms with Gasteiger partial charge in [-0.1, -0.05) is 18.2 Å². The largest absolute Gasteiger partial charge is 0.291 e. The number of benzene rings is 1. The maximum atomic E-state index is 4.25. The van der Waals surface area contributed by atoms with Gasteiger partial charge in [0.1, 0.15) is 10.4 Å². The zero-order chi connectivity index (χ0) is 10.1. The quantitative estimate of drug-likeness (QED) is 0.760. The monoisotopic (exact) mass is 250 g/mol. The number of hydrogen-bond acceptors (Lipinski definition) is 1. The summed E-state index contributed by atoms with van der Waals surface area (Å²) in [5.41, 5.74) is 2.42. The summed E-state index contributed by atoms with van der Waals surface area (Å²) >= 11 is 3.49. The number of nitrogens with zero attached hydrogens (tertiary/aromatic N) is 2. The minimum absolute atomic E-state index is 0.990. The molecule has 0 aliphatic heterocycles. The summed E-state index contributed by atoms with van der Waals surface area (Å²) in [7, 11) is 0. The number of hydrogen-bond donors (Lipinski definition) is 0. The molecule has 14 heavy (non-hydrogen) atoms. The van der Waals surface area contributed by atoms with Crippen molar-refractivity contribution in [2.45, 2.75) is 13.8 Å². The molecule has 0 unspecified atom stereocenters. The van der Waals surface area contributed by atoms with Gasteiger partial charge in [-0.05, 0) is 41.4 Å². The first-order valence-corrected chi connectivity index (χ1v) is 5.25. The Balaban J connectivity index is 2.66. The highest BCUT2D eigenvalue weighted by Gasteiger charge is 2.07. The van der Waals surface area contributed by atoms with Gasteiger partial charge in [0.15, 0.2) is 0 Å². The average Bonchev–Trinajstić information content (AvgIpc) is 2.48. The van der Waals surface area contributed by atoms with Gasteiger partial charge >= 0.3 is 0 Å². The van der Waals surface area contributed by atoms with Gasteiger partial charge in [-0.2, -0.15) is 0 Å². The number of aromatic nitrogens is 2. The second-order valence-electron chi connectivity index (χ2n) is 3.25. The van der Waals surface area contributed by atoms with E-state index in [1.807, 2.05) is 25.3 Å². The molecule has 0 amide bonds. The Morgan fingerprint density at radius 2 is 1.93 bits per heavy atom. The van der Waals surface area contributed by atoms with Crippen LogP contribution >= 0.6 is 15.9 Å². The number of rotatable bonds is 1. The van der Waals surface area contributed by atoms with Crippen molar-refractivity contribution in [2.24, 2.45) is 0 Å². The van der Waals surface area contributed by atoms with Crippen LogP contribution in [0.5, 0.6) is 0 Å². The standard InChI is InChI=1S/C11H11BrN2/c1-8-5-3-4-6-10(8)14-9(2)13-7-11(14)12/h3-7H,1-2H3. The summed E-state index contributed by atoms with van der Waals surface area (Å²) in [5, 5.41) is 0. The molecular weight excluding hydrogens is 240 g/mol. The van der Waals surface area contributed by atoms with Crippen molar-refractivity contribution in [1.29, 1.82) is 0 Å². The summed E-state index contributed by atoms with van der Waals surface area (Å²) < 4.78 is 3.08. The van der Waals surface area contributed by atoms with Crippen LogP contribution in [0.25, 0.3) is 5.69 Å². The molecule has 0 aliphatic carbocycles. The van der Waals surface area contributed by atoms with E-state index in [-0.39, 0.29) is 0 Å². The van der Waals surface area contributed by atoms with Crippen molar-refractivity contribution in [1.82, 2.24) is 9.55 Å². The third kappa shape index (κ3) is 1.48. The normalized spacial score (nSPS) is 10.5. The average molecular weight is 251 g/mol. The predicted octanol–water partition coefficient (Wildman–Crippen LogP) is 3.25. The highest BCUT2D eigenvalue weighted by Crippen LogP contribution is 2.21. The number of imidazole rings is 1. The molecule has 0 N–H and O–H groups in total. The zero-order valence-electron chi connectivity index (χ0n) is 8.16. The van der Waals surface area contributed by atoms with Gasteiger partial charge in [0.05, 0.1) is 11.9 Å². The van der Waals surface area contributed by atoms with Gasteiger partial charge in [0, 0.05) is 0 Å². The van der Waals surface area contributed by atoms with Crippen molar-refractivity contribution in [2.75, 3.05) is 0 Å². The van der Waals surface area contributed by atoms with Crippen molar-refractivity contribution >= 4 is 15.9 Å². The molecule has 0 spiro atoms.